The van der Waals surface area contributed by atoms with E-state index in [1.54, 1.807) is 42.5 Å². The van der Waals surface area contributed by atoms with Crippen LogP contribution in [0.1, 0.15) is 43.9 Å². The van der Waals surface area contributed by atoms with E-state index < -0.39 is 0 Å². The third-order valence-electron chi connectivity index (χ3n) is 5.04. The zero-order valence-electron chi connectivity index (χ0n) is 18.0. The summed E-state index contributed by atoms with van der Waals surface area (Å²) in [5.74, 6) is -0.204. The molecule has 2 aromatic carbocycles. The first-order valence-electron chi connectivity index (χ1n) is 10.2. The first-order valence-corrected chi connectivity index (χ1v) is 10.2. The van der Waals surface area contributed by atoms with E-state index in [0.717, 1.165) is 0 Å². The molecule has 0 saturated carbocycles. The number of amides is 4. The highest BCUT2D eigenvalue weighted by Gasteiger charge is 2.34. The van der Waals surface area contributed by atoms with Gasteiger partial charge in [-0.15, -0.1) is 0 Å². The fourth-order valence-electron chi connectivity index (χ4n) is 3.39. The van der Waals surface area contributed by atoms with E-state index in [0.29, 0.717) is 34.6 Å². The summed E-state index contributed by atoms with van der Waals surface area (Å²) < 4.78 is 10.3. The van der Waals surface area contributed by atoms with Crippen LogP contribution in [-0.2, 0) is 4.79 Å². The highest BCUT2D eigenvalue weighted by Crippen LogP contribution is 2.27. The van der Waals surface area contributed by atoms with Crippen molar-refractivity contribution in [2.45, 2.75) is 12.8 Å². The molecule has 2 N–H and O–H groups in total. The Morgan fingerprint density at radius 2 is 1.50 bits per heavy atom. The molecular formula is C23H25N3O6. The Labute approximate surface area is 185 Å². The lowest BCUT2D eigenvalue weighted by atomic mass is 10.1. The fraction of sp³-hybridized carbons (Fsp3) is 0.304. The minimum absolute atomic E-state index is 0.164. The maximum Gasteiger partial charge on any atom is 0.261 e. The SMILES string of the molecule is COc1ccc(C(=O)NCCNC(=O)CCCN2C(=O)c3ccccc3C2=O)cc1OC. The van der Waals surface area contributed by atoms with Gasteiger partial charge in [0.15, 0.2) is 11.5 Å². The van der Waals surface area contributed by atoms with Crippen LogP contribution in [0.5, 0.6) is 11.5 Å². The van der Waals surface area contributed by atoms with Gasteiger partial charge in [-0.2, -0.15) is 0 Å². The van der Waals surface area contributed by atoms with Crippen molar-refractivity contribution in [1.82, 2.24) is 15.5 Å². The minimum Gasteiger partial charge on any atom is -0.493 e. The Bertz CT molecular complexity index is 1000. The normalized spacial score (nSPS) is 12.4. The van der Waals surface area contributed by atoms with Gasteiger partial charge < -0.3 is 20.1 Å². The van der Waals surface area contributed by atoms with Crippen LogP contribution in [0.3, 0.4) is 0 Å². The number of rotatable bonds is 10. The van der Waals surface area contributed by atoms with Gasteiger partial charge in [-0.1, -0.05) is 12.1 Å². The second-order valence-corrected chi connectivity index (χ2v) is 7.09. The second-order valence-electron chi connectivity index (χ2n) is 7.09. The predicted molar refractivity (Wildman–Crippen MR) is 116 cm³/mol. The first kappa shape index (κ1) is 22.8. The zero-order chi connectivity index (χ0) is 23.1. The molecule has 0 aliphatic carbocycles. The Morgan fingerprint density at radius 1 is 0.875 bits per heavy atom. The number of carbonyl (C=O) groups is 4. The standard InChI is InChI=1S/C23H25N3O6/c1-31-18-10-9-15(14-19(18)32-2)21(28)25-12-11-24-20(27)8-5-13-26-22(29)16-6-3-4-7-17(16)23(26)30/h3-4,6-7,9-10,14H,5,8,11-13H2,1-2H3,(H,24,27)(H,25,28). The van der Waals surface area contributed by atoms with Gasteiger partial charge in [-0.05, 0) is 36.8 Å². The zero-order valence-corrected chi connectivity index (χ0v) is 18.0. The molecule has 1 heterocycles. The summed E-state index contributed by atoms with van der Waals surface area (Å²) in [6.07, 6.45) is 0.520. The van der Waals surface area contributed by atoms with E-state index in [-0.39, 0.29) is 49.7 Å². The van der Waals surface area contributed by atoms with E-state index in [1.807, 2.05) is 0 Å². The molecule has 0 radical (unpaired) electrons. The summed E-state index contributed by atoms with van der Waals surface area (Å²) in [7, 11) is 3.00. The summed E-state index contributed by atoms with van der Waals surface area (Å²) in [6, 6.07) is 11.5. The topological polar surface area (TPSA) is 114 Å². The van der Waals surface area contributed by atoms with Crippen LogP contribution in [0.15, 0.2) is 42.5 Å². The van der Waals surface area contributed by atoms with Gasteiger partial charge in [0.05, 0.1) is 25.3 Å². The molecule has 0 bridgehead atoms. The number of nitrogens with one attached hydrogen (secondary N) is 2. The number of carbonyl (C=O) groups excluding carboxylic acids is 4. The average Bonchev–Trinajstić information content (AvgIpc) is 3.06. The summed E-state index contributed by atoms with van der Waals surface area (Å²) in [6.45, 7) is 0.679. The maximum absolute atomic E-state index is 12.3. The quantitative estimate of drug-likeness (QED) is 0.430. The summed E-state index contributed by atoms with van der Waals surface area (Å²) in [5.41, 5.74) is 1.20. The van der Waals surface area contributed by atoms with E-state index in [4.69, 9.17) is 9.47 Å². The highest BCUT2D eigenvalue weighted by molar-refractivity contribution is 6.21. The smallest absolute Gasteiger partial charge is 0.261 e. The Kier molecular flexibility index (Phi) is 7.43. The largest absolute Gasteiger partial charge is 0.493 e. The van der Waals surface area contributed by atoms with Gasteiger partial charge in [0, 0.05) is 31.6 Å². The van der Waals surface area contributed by atoms with Crippen LogP contribution in [0, 0.1) is 0 Å². The fourth-order valence-corrected chi connectivity index (χ4v) is 3.39. The number of methoxy groups -OCH3 is 2. The van der Waals surface area contributed by atoms with Gasteiger partial charge >= 0.3 is 0 Å². The Hall–Kier alpha value is -3.88. The number of hydrogen-bond donors (Lipinski definition) is 2. The number of fused-ring (bicyclic) bond motifs is 1. The summed E-state index contributed by atoms with van der Waals surface area (Å²) in [4.78, 5) is 50.0. The van der Waals surface area contributed by atoms with Crippen molar-refractivity contribution >= 4 is 23.6 Å². The molecular weight excluding hydrogens is 414 g/mol. The Balaban J connectivity index is 1.36. The number of nitrogens with zero attached hydrogens (tertiary/aromatic N) is 1. The van der Waals surface area contributed by atoms with Crippen LogP contribution in [0.2, 0.25) is 0 Å². The van der Waals surface area contributed by atoms with Crippen molar-refractivity contribution in [3.05, 3.63) is 59.2 Å². The van der Waals surface area contributed by atoms with Crippen molar-refractivity contribution < 1.29 is 28.7 Å². The molecule has 168 valence electrons. The average molecular weight is 439 g/mol. The molecule has 0 unspecified atom stereocenters. The van der Waals surface area contributed by atoms with Gasteiger partial charge in [0.2, 0.25) is 5.91 Å². The molecule has 1 aliphatic heterocycles. The molecule has 0 fully saturated rings. The summed E-state index contributed by atoms with van der Waals surface area (Å²) >= 11 is 0. The predicted octanol–water partition coefficient (Wildman–Crippen LogP) is 1.63. The van der Waals surface area contributed by atoms with Crippen LogP contribution >= 0.6 is 0 Å². The molecule has 2 aromatic rings. The van der Waals surface area contributed by atoms with Crippen molar-refractivity contribution in [1.29, 1.82) is 0 Å². The van der Waals surface area contributed by atoms with Gasteiger partial charge in [-0.25, -0.2) is 0 Å². The molecule has 0 saturated heterocycles. The number of imide groups is 1. The van der Waals surface area contributed by atoms with Gasteiger partial charge in [0.25, 0.3) is 17.7 Å². The number of hydrogen-bond acceptors (Lipinski definition) is 6. The van der Waals surface area contributed by atoms with Crippen molar-refractivity contribution in [3.63, 3.8) is 0 Å². The van der Waals surface area contributed by atoms with Crippen molar-refractivity contribution in [2.24, 2.45) is 0 Å². The first-order chi connectivity index (χ1) is 15.5. The molecule has 0 spiro atoms. The maximum atomic E-state index is 12.3. The molecule has 1 aliphatic rings. The summed E-state index contributed by atoms with van der Waals surface area (Å²) in [5, 5.41) is 5.43. The van der Waals surface area contributed by atoms with Gasteiger partial charge in [-0.3, -0.25) is 24.1 Å². The number of benzene rings is 2. The van der Waals surface area contributed by atoms with E-state index in [1.165, 1.54) is 19.1 Å². The van der Waals surface area contributed by atoms with Crippen LogP contribution in [0.25, 0.3) is 0 Å². The molecule has 32 heavy (non-hydrogen) atoms. The van der Waals surface area contributed by atoms with Crippen molar-refractivity contribution in [2.75, 3.05) is 33.9 Å². The Morgan fingerprint density at radius 3 is 2.12 bits per heavy atom. The second kappa shape index (κ2) is 10.4. The van der Waals surface area contributed by atoms with E-state index >= 15 is 0 Å². The van der Waals surface area contributed by atoms with Crippen LogP contribution < -0.4 is 20.1 Å². The van der Waals surface area contributed by atoms with E-state index in [2.05, 4.69) is 10.6 Å². The highest BCUT2D eigenvalue weighted by atomic mass is 16.5. The molecule has 9 nitrogen and oxygen atoms in total. The van der Waals surface area contributed by atoms with Crippen molar-refractivity contribution in [3.8, 4) is 11.5 Å². The molecule has 0 aromatic heterocycles. The monoisotopic (exact) mass is 439 g/mol. The third kappa shape index (κ3) is 5.05. The van der Waals surface area contributed by atoms with Crippen LogP contribution in [-0.4, -0.2) is 62.4 Å². The molecule has 0 atom stereocenters. The lowest BCUT2D eigenvalue weighted by molar-refractivity contribution is -0.121. The van der Waals surface area contributed by atoms with Gasteiger partial charge in [0.1, 0.15) is 0 Å². The molecule has 9 heteroatoms. The lowest BCUT2D eigenvalue weighted by Gasteiger charge is -2.13. The number of ether oxygens (including phenoxy) is 2. The van der Waals surface area contributed by atoms with Crippen LogP contribution in [0.4, 0.5) is 0 Å². The molecule has 3 rings (SSSR count). The minimum atomic E-state index is -0.330. The molecule has 4 amide bonds. The lowest BCUT2D eigenvalue weighted by Crippen LogP contribution is -2.35. The van der Waals surface area contributed by atoms with E-state index in [9.17, 15) is 19.2 Å². The third-order valence-corrected chi connectivity index (χ3v) is 5.04.